The average molecular weight is 382 g/mol. The van der Waals surface area contributed by atoms with Gasteiger partial charge in [0.1, 0.15) is 5.75 Å². The Bertz CT molecular complexity index is 897. The lowest BCUT2D eigenvalue weighted by molar-refractivity contribution is -0.138. The third-order valence-corrected chi connectivity index (χ3v) is 5.73. The number of piperazine rings is 1. The maximum atomic E-state index is 13.1. The van der Waals surface area contributed by atoms with Crippen molar-refractivity contribution in [2.45, 2.75) is 32.0 Å². The number of rotatable bonds is 5. The topological polar surface area (TPSA) is 60.0 Å². The zero-order valence-corrected chi connectivity index (χ0v) is 16.7. The van der Waals surface area contributed by atoms with Crippen LogP contribution in [-0.2, 0) is 17.8 Å². The highest BCUT2D eigenvalue weighted by Crippen LogP contribution is 2.49. The molecule has 28 heavy (non-hydrogen) atoms. The van der Waals surface area contributed by atoms with Gasteiger partial charge in [-0.2, -0.15) is 0 Å². The van der Waals surface area contributed by atoms with Gasteiger partial charge in [0, 0.05) is 36.2 Å². The Kier molecular flexibility index (Phi) is 4.89. The number of carbonyl (C=O) groups is 1. The second-order valence-corrected chi connectivity index (χ2v) is 7.30. The number of benzene rings is 2. The summed E-state index contributed by atoms with van der Waals surface area (Å²) in [5.74, 6) is 2.32. The first-order valence-electron chi connectivity index (χ1n) is 9.49. The molecular weight excluding hydrogens is 356 g/mol. The van der Waals surface area contributed by atoms with Crippen molar-refractivity contribution in [3.63, 3.8) is 0 Å². The van der Waals surface area contributed by atoms with Crippen molar-refractivity contribution < 1.29 is 19.0 Å². The highest BCUT2D eigenvalue weighted by Gasteiger charge is 2.43. The van der Waals surface area contributed by atoms with E-state index in [9.17, 15) is 4.79 Å². The van der Waals surface area contributed by atoms with Crippen molar-refractivity contribution in [1.29, 1.82) is 0 Å². The van der Waals surface area contributed by atoms with Crippen molar-refractivity contribution in [2.75, 3.05) is 27.9 Å². The van der Waals surface area contributed by atoms with Crippen LogP contribution in [0.3, 0.4) is 0 Å². The van der Waals surface area contributed by atoms with Crippen LogP contribution in [-0.4, -0.2) is 44.7 Å². The Morgan fingerprint density at radius 2 is 1.68 bits per heavy atom. The summed E-state index contributed by atoms with van der Waals surface area (Å²) < 4.78 is 17.1. The molecule has 6 nitrogen and oxygen atoms in total. The summed E-state index contributed by atoms with van der Waals surface area (Å²) in [4.78, 5) is 15.0. The maximum absolute atomic E-state index is 13.1. The maximum Gasteiger partial charge on any atom is 0.240 e. The Morgan fingerprint density at radius 1 is 1.00 bits per heavy atom. The molecule has 0 spiro atoms. The van der Waals surface area contributed by atoms with Crippen molar-refractivity contribution in [3.8, 4) is 17.2 Å². The monoisotopic (exact) mass is 382 g/mol. The van der Waals surface area contributed by atoms with Gasteiger partial charge in [0.2, 0.25) is 5.91 Å². The Morgan fingerprint density at radius 3 is 2.32 bits per heavy atom. The van der Waals surface area contributed by atoms with Gasteiger partial charge in [-0.3, -0.25) is 10.1 Å². The molecule has 148 valence electrons. The smallest absolute Gasteiger partial charge is 0.240 e. The van der Waals surface area contributed by atoms with Gasteiger partial charge >= 0.3 is 0 Å². The van der Waals surface area contributed by atoms with E-state index in [0.29, 0.717) is 25.3 Å². The van der Waals surface area contributed by atoms with Gasteiger partial charge < -0.3 is 19.1 Å². The van der Waals surface area contributed by atoms with Crippen LogP contribution >= 0.6 is 0 Å². The standard InChI is InChI=1S/C22H26N2O4/c1-13-19(26-2)15-10-16-22(25)24(11-14-8-6-5-7-9-14)12-17(23-16)18(15)21(28-4)20(13)27-3/h5-9,16-17,23H,10-12H2,1-4H3/t16-,17-/m0/s1. The molecule has 1 amide bonds. The zero-order valence-electron chi connectivity index (χ0n) is 16.7. The number of hydrogen-bond donors (Lipinski definition) is 1. The number of amides is 1. The van der Waals surface area contributed by atoms with E-state index in [2.05, 4.69) is 17.4 Å². The van der Waals surface area contributed by atoms with Crippen LogP contribution in [0.2, 0.25) is 0 Å². The SMILES string of the molecule is COc1c(C)c(OC)c(OC)c2c1C[C@@H]1N[C@H]2CN(Cc2ccccc2)C1=O. The first kappa shape index (κ1) is 18.6. The molecule has 0 aromatic heterocycles. The second kappa shape index (κ2) is 7.36. The van der Waals surface area contributed by atoms with Crippen LogP contribution < -0.4 is 19.5 Å². The molecular formula is C22H26N2O4. The fourth-order valence-corrected chi connectivity index (χ4v) is 4.55. The normalized spacial score (nSPS) is 20.6. The third-order valence-electron chi connectivity index (χ3n) is 5.73. The first-order chi connectivity index (χ1) is 13.6. The van der Waals surface area contributed by atoms with Crippen molar-refractivity contribution in [1.82, 2.24) is 10.2 Å². The summed E-state index contributed by atoms with van der Waals surface area (Å²) in [6.07, 6.45) is 0.570. The molecule has 0 radical (unpaired) electrons. The van der Waals surface area contributed by atoms with Gasteiger partial charge in [0.15, 0.2) is 11.5 Å². The highest BCUT2D eigenvalue weighted by molar-refractivity contribution is 5.85. The Hall–Kier alpha value is -2.73. The molecule has 2 atom stereocenters. The van der Waals surface area contributed by atoms with Gasteiger partial charge in [-0.15, -0.1) is 0 Å². The molecule has 0 unspecified atom stereocenters. The molecule has 6 heteroatoms. The van der Waals surface area contributed by atoms with E-state index in [1.807, 2.05) is 30.0 Å². The molecule has 0 saturated carbocycles. The fraction of sp³-hybridized carbons (Fsp3) is 0.409. The summed E-state index contributed by atoms with van der Waals surface area (Å²) in [5, 5.41) is 3.49. The molecule has 2 aromatic rings. The predicted molar refractivity (Wildman–Crippen MR) is 106 cm³/mol. The molecule has 2 aromatic carbocycles. The van der Waals surface area contributed by atoms with E-state index < -0.39 is 0 Å². The number of fused-ring (bicyclic) bond motifs is 4. The quantitative estimate of drug-likeness (QED) is 0.861. The zero-order chi connectivity index (χ0) is 19.8. The lowest BCUT2D eigenvalue weighted by atomic mass is 9.83. The summed E-state index contributed by atoms with van der Waals surface area (Å²) in [6, 6.07) is 9.79. The van der Waals surface area contributed by atoms with E-state index in [0.717, 1.165) is 33.8 Å². The van der Waals surface area contributed by atoms with Crippen molar-refractivity contribution in [2.24, 2.45) is 0 Å². The van der Waals surface area contributed by atoms with Gasteiger partial charge in [-0.05, 0) is 12.5 Å². The average Bonchev–Trinajstić information content (AvgIpc) is 2.71. The minimum absolute atomic E-state index is 0.0338. The minimum atomic E-state index is -0.263. The molecule has 1 N–H and O–H groups in total. The van der Waals surface area contributed by atoms with Crippen LogP contribution in [0.4, 0.5) is 0 Å². The Balaban J connectivity index is 1.77. The lowest BCUT2D eigenvalue weighted by Crippen LogP contribution is -2.59. The summed E-state index contributed by atoms with van der Waals surface area (Å²) in [7, 11) is 4.96. The molecule has 1 saturated heterocycles. The fourth-order valence-electron chi connectivity index (χ4n) is 4.55. The lowest BCUT2D eigenvalue weighted by Gasteiger charge is -2.44. The summed E-state index contributed by atoms with van der Waals surface area (Å²) in [6.45, 7) is 3.14. The first-order valence-corrected chi connectivity index (χ1v) is 9.49. The molecule has 2 heterocycles. The van der Waals surface area contributed by atoms with Gasteiger partial charge in [0.25, 0.3) is 0 Å². The number of carbonyl (C=O) groups excluding carboxylic acids is 1. The van der Waals surface area contributed by atoms with E-state index in [4.69, 9.17) is 14.2 Å². The van der Waals surface area contributed by atoms with Gasteiger partial charge in [-0.1, -0.05) is 30.3 Å². The highest BCUT2D eigenvalue weighted by atomic mass is 16.5. The number of nitrogens with zero attached hydrogens (tertiary/aromatic N) is 1. The predicted octanol–water partition coefficient (Wildman–Crippen LogP) is 2.62. The van der Waals surface area contributed by atoms with Crippen LogP contribution in [0.15, 0.2) is 30.3 Å². The number of methoxy groups -OCH3 is 3. The molecule has 2 bridgehead atoms. The van der Waals surface area contributed by atoms with E-state index in [-0.39, 0.29) is 18.0 Å². The molecule has 0 aliphatic carbocycles. The van der Waals surface area contributed by atoms with E-state index in [1.54, 1.807) is 21.3 Å². The Labute approximate surface area is 165 Å². The van der Waals surface area contributed by atoms with Crippen LogP contribution in [0, 0.1) is 6.92 Å². The molecule has 2 aliphatic heterocycles. The van der Waals surface area contributed by atoms with Gasteiger partial charge in [-0.25, -0.2) is 0 Å². The van der Waals surface area contributed by atoms with Crippen molar-refractivity contribution in [3.05, 3.63) is 52.6 Å². The molecule has 2 aliphatic rings. The summed E-state index contributed by atoms with van der Waals surface area (Å²) >= 11 is 0. The van der Waals surface area contributed by atoms with Crippen LogP contribution in [0.5, 0.6) is 17.2 Å². The summed E-state index contributed by atoms with van der Waals surface area (Å²) in [5.41, 5.74) is 4.10. The largest absolute Gasteiger partial charge is 0.496 e. The number of nitrogens with one attached hydrogen (secondary N) is 1. The number of hydrogen-bond acceptors (Lipinski definition) is 5. The minimum Gasteiger partial charge on any atom is -0.496 e. The molecule has 1 fully saturated rings. The molecule has 4 rings (SSSR count). The third kappa shape index (κ3) is 2.88. The van der Waals surface area contributed by atoms with Crippen LogP contribution in [0.1, 0.15) is 28.3 Å². The number of ether oxygens (including phenoxy) is 3. The van der Waals surface area contributed by atoms with Gasteiger partial charge in [0.05, 0.1) is 33.4 Å². The van der Waals surface area contributed by atoms with Crippen LogP contribution in [0.25, 0.3) is 0 Å². The second-order valence-electron chi connectivity index (χ2n) is 7.30. The van der Waals surface area contributed by atoms with E-state index in [1.165, 1.54) is 0 Å². The van der Waals surface area contributed by atoms with Crippen molar-refractivity contribution >= 4 is 5.91 Å². The van der Waals surface area contributed by atoms with E-state index >= 15 is 0 Å².